The molecule has 1 aromatic carbocycles. The molecule has 0 atom stereocenters. The first kappa shape index (κ1) is 8.50. The summed E-state index contributed by atoms with van der Waals surface area (Å²) in [5.41, 5.74) is 5.10. The lowest BCUT2D eigenvalue weighted by Crippen LogP contribution is -2.12. The second-order valence-corrected chi connectivity index (χ2v) is 2.84. The highest BCUT2D eigenvalue weighted by molar-refractivity contribution is 6.03. The van der Waals surface area contributed by atoms with Crippen LogP contribution >= 0.6 is 0 Å². The zero-order chi connectivity index (χ0) is 10.1. The van der Waals surface area contributed by atoms with E-state index in [9.17, 15) is 9.59 Å². The van der Waals surface area contributed by atoms with Crippen LogP contribution in [0.25, 0.3) is 11.0 Å². The van der Waals surface area contributed by atoms with Crippen molar-refractivity contribution in [2.75, 3.05) is 0 Å². The second kappa shape index (κ2) is 2.99. The van der Waals surface area contributed by atoms with Crippen molar-refractivity contribution in [3.8, 4) is 0 Å². The summed E-state index contributed by atoms with van der Waals surface area (Å²) in [6.45, 7) is 0. The van der Waals surface area contributed by atoms with Gasteiger partial charge in [0, 0.05) is 11.5 Å². The summed E-state index contributed by atoms with van der Waals surface area (Å²) < 4.78 is 4.90. The Bertz CT molecular complexity index is 557. The number of carbonyl (C=O) groups is 1. The van der Waals surface area contributed by atoms with Gasteiger partial charge in [-0.25, -0.2) is 4.79 Å². The van der Waals surface area contributed by atoms with Crippen LogP contribution in [-0.4, -0.2) is 5.91 Å². The highest BCUT2D eigenvalue weighted by atomic mass is 16.4. The first-order valence-electron chi connectivity index (χ1n) is 4.01. The quantitative estimate of drug-likeness (QED) is 0.677. The molecule has 2 N–H and O–H groups in total. The summed E-state index contributed by atoms with van der Waals surface area (Å²) in [6.07, 6.45) is 0. The number of hydrogen-bond acceptors (Lipinski definition) is 3. The maximum Gasteiger partial charge on any atom is 0.336 e. The van der Waals surface area contributed by atoms with Crippen molar-refractivity contribution in [1.29, 1.82) is 0 Å². The standard InChI is InChI=1S/C10H7NO3/c11-10(13)7-3-1-2-6-4-5-8(12)14-9(6)7/h1-5H,(H2,11,13). The number of nitrogens with two attached hydrogens (primary N) is 1. The minimum Gasteiger partial charge on any atom is -0.422 e. The molecular formula is C10H7NO3. The Morgan fingerprint density at radius 3 is 2.71 bits per heavy atom. The molecule has 0 aliphatic carbocycles. The van der Waals surface area contributed by atoms with Crippen molar-refractivity contribution in [3.05, 3.63) is 46.3 Å². The van der Waals surface area contributed by atoms with Gasteiger partial charge in [0.05, 0.1) is 5.56 Å². The predicted octanol–water partition coefficient (Wildman–Crippen LogP) is 0.892. The smallest absolute Gasteiger partial charge is 0.336 e. The molecule has 4 nitrogen and oxygen atoms in total. The van der Waals surface area contributed by atoms with E-state index in [2.05, 4.69) is 0 Å². The Morgan fingerprint density at radius 2 is 2.00 bits per heavy atom. The lowest BCUT2D eigenvalue weighted by atomic mass is 10.1. The number of para-hydroxylation sites is 1. The zero-order valence-corrected chi connectivity index (χ0v) is 7.19. The molecule has 0 radical (unpaired) electrons. The third-order valence-corrected chi connectivity index (χ3v) is 1.91. The summed E-state index contributed by atoms with van der Waals surface area (Å²) in [5.74, 6) is -0.607. The van der Waals surface area contributed by atoms with E-state index < -0.39 is 11.5 Å². The molecule has 0 fully saturated rings. The minimum atomic E-state index is -0.607. The second-order valence-electron chi connectivity index (χ2n) is 2.84. The van der Waals surface area contributed by atoms with E-state index in [0.717, 1.165) is 0 Å². The predicted molar refractivity (Wildman–Crippen MR) is 51.0 cm³/mol. The van der Waals surface area contributed by atoms with Crippen LogP contribution in [0.2, 0.25) is 0 Å². The Labute approximate surface area is 78.9 Å². The van der Waals surface area contributed by atoms with E-state index in [4.69, 9.17) is 10.2 Å². The molecule has 70 valence electrons. The fourth-order valence-corrected chi connectivity index (χ4v) is 1.29. The molecule has 0 saturated heterocycles. The maximum absolute atomic E-state index is 11.0. The summed E-state index contributed by atoms with van der Waals surface area (Å²) >= 11 is 0. The monoisotopic (exact) mass is 189 g/mol. The van der Waals surface area contributed by atoms with Crippen LogP contribution in [0.3, 0.4) is 0 Å². The van der Waals surface area contributed by atoms with Gasteiger partial charge in [0.1, 0.15) is 0 Å². The molecule has 2 aromatic rings. The van der Waals surface area contributed by atoms with E-state index in [1.54, 1.807) is 18.2 Å². The van der Waals surface area contributed by atoms with Crippen LogP contribution in [-0.2, 0) is 0 Å². The number of amides is 1. The lowest BCUT2D eigenvalue weighted by Gasteiger charge is -1.99. The maximum atomic E-state index is 11.0. The number of rotatable bonds is 1. The Morgan fingerprint density at radius 1 is 1.21 bits per heavy atom. The first-order chi connectivity index (χ1) is 6.68. The summed E-state index contributed by atoms with van der Waals surface area (Å²) in [6, 6.07) is 7.83. The molecular weight excluding hydrogens is 182 g/mol. The van der Waals surface area contributed by atoms with Gasteiger partial charge < -0.3 is 10.2 Å². The number of benzene rings is 1. The fraction of sp³-hybridized carbons (Fsp3) is 0. The number of fused-ring (bicyclic) bond motifs is 1. The Hall–Kier alpha value is -2.10. The van der Waals surface area contributed by atoms with Crippen molar-refractivity contribution in [3.63, 3.8) is 0 Å². The number of carbonyl (C=O) groups excluding carboxylic acids is 1. The summed E-state index contributed by atoms with van der Waals surface area (Å²) in [7, 11) is 0. The highest BCUT2D eigenvalue weighted by Crippen LogP contribution is 2.15. The number of hydrogen-bond donors (Lipinski definition) is 1. The van der Waals surface area contributed by atoms with Crippen LogP contribution in [0.5, 0.6) is 0 Å². The summed E-state index contributed by atoms with van der Waals surface area (Å²) in [5, 5.41) is 0.681. The van der Waals surface area contributed by atoms with Crippen molar-refractivity contribution in [2.24, 2.45) is 5.73 Å². The van der Waals surface area contributed by atoms with Crippen molar-refractivity contribution >= 4 is 16.9 Å². The van der Waals surface area contributed by atoms with Gasteiger partial charge in [-0.05, 0) is 12.1 Å². The topological polar surface area (TPSA) is 73.3 Å². The fourth-order valence-electron chi connectivity index (χ4n) is 1.29. The van der Waals surface area contributed by atoms with Crippen molar-refractivity contribution in [1.82, 2.24) is 0 Å². The van der Waals surface area contributed by atoms with E-state index in [1.165, 1.54) is 12.1 Å². The normalized spacial score (nSPS) is 10.3. The van der Waals surface area contributed by atoms with Crippen LogP contribution in [0.1, 0.15) is 10.4 Å². The molecule has 0 aliphatic heterocycles. The molecule has 0 bridgehead atoms. The van der Waals surface area contributed by atoms with Crippen molar-refractivity contribution in [2.45, 2.75) is 0 Å². The van der Waals surface area contributed by atoms with Gasteiger partial charge in [0.25, 0.3) is 5.91 Å². The van der Waals surface area contributed by atoms with Gasteiger partial charge in [0.2, 0.25) is 0 Å². The third kappa shape index (κ3) is 1.26. The molecule has 0 spiro atoms. The largest absolute Gasteiger partial charge is 0.422 e. The van der Waals surface area contributed by atoms with Gasteiger partial charge in [0.15, 0.2) is 5.58 Å². The van der Waals surface area contributed by atoms with Gasteiger partial charge in [-0.1, -0.05) is 12.1 Å². The molecule has 0 unspecified atom stereocenters. The van der Waals surface area contributed by atoms with Crippen LogP contribution in [0, 0.1) is 0 Å². The van der Waals surface area contributed by atoms with Gasteiger partial charge in [-0.15, -0.1) is 0 Å². The number of primary amides is 1. The SMILES string of the molecule is NC(=O)c1cccc2ccc(=O)oc12. The molecule has 0 aliphatic rings. The van der Waals surface area contributed by atoms with Crippen LogP contribution in [0.15, 0.2) is 39.5 Å². The van der Waals surface area contributed by atoms with Crippen LogP contribution in [0.4, 0.5) is 0 Å². The van der Waals surface area contributed by atoms with Gasteiger partial charge in [-0.3, -0.25) is 4.79 Å². The van der Waals surface area contributed by atoms with E-state index in [0.29, 0.717) is 5.39 Å². The average molecular weight is 189 g/mol. The van der Waals surface area contributed by atoms with Crippen LogP contribution < -0.4 is 11.4 Å². The van der Waals surface area contributed by atoms with E-state index in [-0.39, 0.29) is 11.1 Å². The Kier molecular flexibility index (Phi) is 1.81. The molecule has 2 rings (SSSR count). The molecule has 1 amide bonds. The molecule has 4 heteroatoms. The lowest BCUT2D eigenvalue weighted by molar-refractivity contribution is 0.100. The Balaban J connectivity index is 2.91. The zero-order valence-electron chi connectivity index (χ0n) is 7.19. The van der Waals surface area contributed by atoms with Crippen molar-refractivity contribution < 1.29 is 9.21 Å². The molecule has 1 aromatic heterocycles. The molecule has 1 heterocycles. The average Bonchev–Trinajstić information content (AvgIpc) is 2.16. The third-order valence-electron chi connectivity index (χ3n) is 1.91. The summed E-state index contributed by atoms with van der Waals surface area (Å²) in [4.78, 5) is 21.9. The molecule has 0 saturated carbocycles. The molecule has 14 heavy (non-hydrogen) atoms. The first-order valence-corrected chi connectivity index (χ1v) is 4.01. The van der Waals surface area contributed by atoms with E-state index in [1.807, 2.05) is 0 Å². The van der Waals surface area contributed by atoms with Gasteiger partial charge >= 0.3 is 5.63 Å². The van der Waals surface area contributed by atoms with Gasteiger partial charge in [-0.2, -0.15) is 0 Å². The highest BCUT2D eigenvalue weighted by Gasteiger charge is 2.07. The van der Waals surface area contributed by atoms with E-state index >= 15 is 0 Å². The minimum absolute atomic E-state index is 0.222.